The van der Waals surface area contributed by atoms with E-state index in [1.165, 1.54) is 0 Å². The van der Waals surface area contributed by atoms with Crippen molar-refractivity contribution in [2.24, 2.45) is 4.99 Å². The lowest BCUT2D eigenvalue weighted by Crippen LogP contribution is -2.30. The summed E-state index contributed by atoms with van der Waals surface area (Å²) in [5.74, 6) is 0.156. The van der Waals surface area contributed by atoms with E-state index in [4.69, 9.17) is 0 Å². The minimum atomic E-state index is 0.156. The van der Waals surface area contributed by atoms with Crippen LogP contribution in [0, 0.1) is 0 Å². The summed E-state index contributed by atoms with van der Waals surface area (Å²) in [5.41, 5.74) is 7.54. The number of rotatable bonds is 2. The minimum Gasteiger partial charge on any atom is -0.332 e. The zero-order valence-corrected chi connectivity index (χ0v) is 17.1. The summed E-state index contributed by atoms with van der Waals surface area (Å²) >= 11 is 0. The van der Waals surface area contributed by atoms with Gasteiger partial charge in [-0.2, -0.15) is 0 Å². The predicted molar refractivity (Wildman–Crippen MR) is 127 cm³/mol. The first-order valence-corrected chi connectivity index (χ1v) is 10.6. The fourth-order valence-corrected chi connectivity index (χ4v) is 5.05. The van der Waals surface area contributed by atoms with Gasteiger partial charge in [-0.25, -0.2) is 0 Å². The molecule has 2 aliphatic rings. The maximum absolute atomic E-state index is 4.69. The first-order valence-electron chi connectivity index (χ1n) is 10.6. The molecule has 32 heavy (non-hydrogen) atoms. The number of nitrogens with zero attached hydrogens (tertiary/aromatic N) is 6. The highest BCUT2D eigenvalue weighted by Gasteiger charge is 2.39. The van der Waals surface area contributed by atoms with Crippen molar-refractivity contribution in [2.75, 3.05) is 4.90 Å². The smallest absolute Gasteiger partial charge is 0.0978 e. The number of benzene rings is 1. The summed E-state index contributed by atoms with van der Waals surface area (Å²) in [6, 6.07) is 19.1. The van der Waals surface area contributed by atoms with Crippen molar-refractivity contribution in [2.45, 2.75) is 12.0 Å². The molecule has 0 bridgehead atoms. The molecule has 6 nitrogen and oxygen atoms in total. The van der Waals surface area contributed by atoms with Crippen LogP contribution in [0.5, 0.6) is 0 Å². The Bertz CT molecular complexity index is 1510. The summed E-state index contributed by atoms with van der Waals surface area (Å²) in [5, 5.41) is 1.05. The molecule has 0 fully saturated rings. The van der Waals surface area contributed by atoms with E-state index in [-0.39, 0.29) is 12.0 Å². The molecule has 0 N–H and O–H groups in total. The van der Waals surface area contributed by atoms with Gasteiger partial charge in [0.05, 0.1) is 39.9 Å². The van der Waals surface area contributed by atoms with Crippen LogP contribution in [0.2, 0.25) is 0 Å². The van der Waals surface area contributed by atoms with Crippen molar-refractivity contribution < 1.29 is 0 Å². The largest absolute Gasteiger partial charge is 0.332 e. The van der Waals surface area contributed by atoms with E-state index in [0.717, 1.165) is 44.7 Å². The molecule has 0 spiro atoms. The molecule has 6 heteroatoms. The fourth-order valence-electron chi connectivity index (χ4n) is 5.05. The van der Waals surface area contributed by atoms with Crippen LogP contribution in [0.15, 0.2) is 96.7 Å². The average molecular weight is 414 g/mol. The van der Waals surface area contributed by atoms with Gasteiger partial charge in [-0.3, -0.25) is 19.9 Å². The molecule has 0 saturated carbocycles. The summed E-state index contributed by atoms with van der Waals surface area (Å²) in [6.45, 7) is 0. The molecule has 0 amide bonds. The van der Waals surface area contributed by atoms with Crippen molar-refractivity contribution in [1.82, 2.24) is 19.5 Å². The van der Waals surface area contributed by atoms with Gasteiger partial charge in [-0.05, 0) is 54.6 Å². The van der Waals surface area contributed by atoms with Crippen LogP contribution < -0.4 is 4.90 Å². The average Bonchev–Trinajstić information content (AvgIpc) is 3.37. The highest BCUT2D eigenvalue weighted by Crippen LogP contribution is 2.45. The number of fused-ring (bicyclic) bond motifs is 6. The highest BCUT2D eigenvalue weighted by molar-refractivity contribution is 6.06. The summed E-state index contributed by atoms with van der Waals surface area (Å²) < 4.78 is 2.26. The Balaban J connectivity index is 1.45. The molecule has 0 aliphatic carbocycles. The summed E-state index contributed by atoms with van der Waals surface area (Å²) in [7, 11) is 0. The van der Waals surface area contributed by atoms with E-state index in [1.807, 2.05) is 49.3 Å². The molecule has 2 unspecified atom stereocenters. The van der Waals surface area contributed by atoms with Crippen LogP contribution >= 0.6 is 0 Å². The Hall–Kier alpha value is -4.32. The third kappa shape index (κ3) is 2.34. The Morgan fingerprint density at radius 2 is 1.72 bits per heavy atom. The van der Waals surface area contributed by atoms with Crippen molar-refractivity contribution >= 4 is 39.5 Å². The van der Waals surface area contributed by atoms with E-state index in [2.05, 4.69) is 78.0 Å². The number of aromatic nitrogens is 4. The molecule has 2 aliphatic heterocycles. The van der Waals surface area contributed by atoms with Crippen LogP contribution in [0.3, 0.4) is 0 Å². The van der Waals surface area contributed by atoms with Gasteiger partial charge in [-0.1, -0.05) is 6.07 Å². The molecular formula is C26H18N6. The van der Waals surface area contributed by atoms with Crippen molar-refractivity contribution in [3.05, 3.63) is 97.4 Å². The monoisotopic (exact) mass is 414 g/mol. The molecule has 0 saturated heterocycles. The Labute approximate surface area is 184 Å². The van der Waals surface area contributed by atoms with E-state index in [1.54, 1.807) is 0 Å². The van der Waals surface area contributed by atoms with Gasteiger partial charge >= 0.3 is 0 Å². The van der Waals surface area contributed by atoms with Gasteiger partial charge in [0.15, 0.2) is 0 Å². The lowest BCUT2D eigenvalue weighted by molar-refractivity contribution is 0.768. The van der Waals surface area contributed by atoms with Gasteiger partial charge in [-0.15, -0.1) is 0 Å². The first kappa shape index (κ1) is 17.4. The van der Waals surface area contributed by atoms with Crippen LogP contribution in [0.1, 0.15) is 11.6 Å². The fraction of sp³-hybridized carbons (Fsp3) is 0.0769. The Morgan fingerprint density at radius 3 is 2.72 bits per heavy atom. The van der Waals surface area contributed by atoms with Gasteiger partial charge < -0.3 is 9.47 Å². The molecule has 152 valence electrons. The third-order valence-corrected chi connectivity index (χ3v) is 6.36. The number of aliphatic imine (C=N–C) groups is 1. The van der Waals surface area contributed by atoms with E-state index >= 15 is 0 Å². The Kier molecular flexibility index (Phi) is 3.58. The van der Waals surface area contributed by atoms with Gasteiger partial charge in [0.1, 0.15) is 0 Å². The van der Waals surface area contributed by atoms with Crippen molar-refractivity contribution in [3.8, 4) is 5.69 Å². The van der Waals surface area contributed by atoms with E-state index in [0.29, 0.717) is 0 Å². The lowest BCUT2D eigenvalue weighted by atomic mass is 9.99. The van der Waals surface area contributed by atoms with Gasteiger partial charge in [0.25, 0.3) is 0 Å². The third-order valence-electron chi connectivity index (χ3n) is 6.36. The summed E-state index contributed by atoms with van der Waals surface area (Å²) in [6.07, 6.45) is 13.5. The number of hydrogen-bond donors (Lipinski definition) is 0. The molecule has 6 heterocycles. The molecule has 4 aromatic heterocycles. The summed E-state index contributed by atoms with van der Waals surface area (Å²) in [4.78, 5) is 20.4. The van der Waals surface area contributed by atoms with E-state index < -0.39 is 0 Å². The standard InChI is InChI=1S/C26H18N6/c1-4-17(31-21-8-12-27-15-19(21)25-23(31)6-2-10-29-25)14-18(5-1)32-22-9-13-28-16-20(22)26-24(32)7-3-11-30-26/h1-16,19,21H. The maximum atomic E-state index is 4.69. The second-order valence-corrected chi connectivity index (χ2v) is 8.05. The maximum Gasteiger partial charge on any atom is 0.0978 e. The number of pyridine rings is 3. The van der Waals surface area contributed by atoms with Crippen LogP contribution in [-0.2, 0) is 0 Å². The minimum absolute atomic E-state index is 0.156. The number of hydrogen-bond acceptors (Lipinski definition) is 5. The predicted octanol–water partition coefficient (Wildman–Crippen LogP) is 5.17. The zero-order valence-electron chi connectivity index (χ0n) is 17.1. The normalized spacial score (nSPS) is 18.9. The lowest BCUT2D eigenvalue weighted by Gasteiger charge is -2.28. The van der Waals surface area contributed by atoms with Crippen LogP contribution in [0.25, 0.3) is 27.6 Å². The molecular weight excluding hydrogens is 396 g/mol. The Morgan fingerprint density at radius 1 is 0.812 bits per heavy atom. The second kappa shape index (κ2) is 6.59. The van der Waals surface area contributed by atoms with Gasteiger partial charge in [0.2, 0.25) is 0 Å². The molecule has 1 aromatic carbocycles. The van der Waals surface area contributed by atoms with Crippen molar-refractivity contribution in [1.29, 1.82) is 0 Å². The first-order chi connectivity index (χ1) is 15.9. The molecule has 0 radical (unpaired) electrons. The van der Waals surface area contributed by atoms with Crippen LogP contribution in [0.4, 0.5) is 11.4 Å². The van der Waals surface area contributed by atoms with Crippen LogP contribution in [-0.4, -0.2) is 31.8 Å². The number of anilines is 2. The van der Waals surface area contributed by atoms with E-state index in [9.17, 15) is 0 Å². The van der Waals surface area contributed by atoms with Crippen molar-refractivity contribution in [3.63, 3.8) is 0 Å². The quantitative estimate of drug-likeness (QED) is 0.400. The molecule has 2 atom stereocenters. The topological polar surface area (TPSA) is 59.2 Å². The zero-order chi connectivity index (χ0) is 21.1. The molecule has 5 aromatic rings. The van der Waals surface area contributed by atoms with Gasteiger partial charge in [0, 0.05) is 54.0 Å². The molecule has 7 rings (SSSR count). The highest BCUT2D eigenvalue weighted by atomic mass is 15.2. The SMILES string of the molecule is C1=CC2C(C=N1)c1ncccc1N2c1cccc(-n2c3ccncc3c3ncccc32)c1. The second-order valence-electron chi connectivity index (χ2n) is 8.05.